The molecule has 2 amide bonds. The third-order valence-corrected chi connectivity index (χ3v) is 6.96. The molecule has 4 atom stereocenters. The summed E-state index contributed by atoms with van der Waals surface area (Å²) in [4.78, 5) is 27.2. The second-order valence-electron chi connectivity index (χ2n) is 8.62. The lowest BCUT2D eigenvalue weighted by Gasteiger charge is -2.29. The Kier molecular flexibility index (Phi) is 3.58. The normalized spacial score (nSPS) is 32.6. The fourth-order valence-corrected chi connectivity index (χ4v) is 5.37. The Labute approximate surface area is 166 Å². The number of rotatable bonds is 5. The van der Waals surface area contributed by atoms with Crippen molar-refractivity contribution in [3.05, 3.63) is 18.1 Å². The molecule has 11 heteroatoms. The Bertz CT molecular complexity index is 954. The zero-order valence-corrected chi connectivity index (χ0v) is 15.8. The van der Waals surface area contributed by atoms with Crippen LogP contribution in [0.3, 0.4) is 0 Å². The van der Waals surface area contributed by atoms with Gasteiger partial charge in [0.1, 0.15) is 11.9 Å². The van der Waals surface area contributed by atoms with Gasteiger partial charge in [-0.3, -0.25) is 14.7 Å². The number of nitrogens with zero attached hydrogens (tertiary/aromatic N) is 6. The van der Waals surface area contributed by atoms with Gasteiger partial charge in [-0.2, -0.15) is 9.78 Å². The first-order chi connectivity index (χ1) is 14.1. The van der Waals surface area contributed by atoms with Crippen molar-refractivity contribution in [1.29, 1.82) is 0 Å². The first-order valence-electron chi connectivity index (χ1n) is 10.2. The monoisotopic (exact) mass is 398 g/mol. The quantitative estimate of drug-likeness (QED) is 0.696. The third-order valence-electron chi connectivity index (χ3n) is 6.96. The van der Waals surface area contributed by atoms with Gasteiger partial charge in [-0.05, 0) is 36.1 Å². The van der Waals surface area contributed by atoms with E-state index in [4.69, 9.17) is 4.74 Å². The molecule has 0 unspecified atom stereocenters. The number of H-pyrrole nitrogens is 1. The van der Waals surface area contributed by atoms with Crippen LogP contribution >= 0.6 is 0 Å². The summed E-state index contributed by atoms with van der Waals surface area (Å²) in [6.07, 6.45) is 7.07. The lowest BCUT2D eigenvalue weighted by atomic mass is 9.73. The molecule has 0 aromatic carbocycles. The van der Waals surface area contributed by atoms with Gasteiger partial charge in [0.2, 0.25) is 5.91 Å². The zero-order valence-electron chi connectivity index (χ0n) is 15.8. The number of hydrogen-bond acceptors (Lipinski definition) is 7. The minimum Gasteiger partial charge on any atom is -0.369 e. The largest absolute Gasteiger partial charge is 0.369 e. The molecule has 11 nitrogen and oxygen atoms in total. The summed E-state index contributed by atoms with van der Waals surface area (Å²) in [5.74, 6) is 1.21. The number of carbonyl (C=O) groups excluding carboxylic acids is 2. The third kappa shape index (κ3) is 2.60. The molecule has 2 N–H and O–H groups in total. The molecule has 4 aliphatic rings. The summed E-state index contributed by atoms with van der Waals surface area (Å²) in [5.41, 5.74) is 0.149. The maximum absolute atomic E-state index is 13.3. The molecule has 1 spiro atoms. The standard InChI is InChI=1S/C18H22N8O3/c27-16(10-1-2-10)19-5-11-13-7-25(8-18(13)4-3-14(11)29-18)17(28)12-6-20-22-15(12)26-9-21-23-24-26/h6,9-11,13-14H,1-5,7-8H2,(H,19,27)(H,20,22)/t11-,13+,14+,18+/m0/s1. The molecule has 29 heavy (non-hydrogen) atoms. The number of carbonyl (C=O) groups is 2. The lowest BCUT2D eigenvalue weighted by Crippen LogP contribution is -2.42. The maximum Gasteiger partial charge on any atom is 0.259 e. The Hall–Kier alpha value is -2.82. The topological polar surface area (TPSA) is 131 Å². The Morgan fingerprint density at radius 3 is 3.03 bits per heavy atom. The van der Waals surface area contributed by atoms with E-state index in [9.17, 15) is 9.59 Å². The van der Waals surface area contributed by atoms with E-state index in [0.717, 1.165) is 25.7 Å². The molecule has 2 bridgehead atoms. The van der Waals surface area contributed by atoms with Gasteiger partial charge >= 0.3 is 0 Å². The van der Waals surface area contributed by atoms with Crippen LogP contribution in [-0.2, 0) is 9.53 Å². The molecule has 2 aromatic heterocycles. The lowest BCUT2D eigenvalue weighted by molar-refractivity contribution is -0.122. The van der Waals surface area contributed by atoms with Crippen LogP contribution in [0.25, 0.3) is 5.82 Å². The molecule has 152 valence electrons. The van der Waals surface area contributed by atoms with Crippen LogP contribution in [0.1, 0.15) is 36.0 Å². The summed E-state index contributed by atoms with van der Waals surface area (Å²) in [5, 5.41) is 21.0. The summed E-state index contributed by atoms with van der Waals surface area (Å²) in [6, 6.07) is 0. The van der Waals surface area contributed by atoms with Crippen molar-refractivity contribution in [3.8, 4) is 5.82 Å². The molecule has 3 aliphatic heterocycles. The van der Waals surface area contributed by atoms with Crippen molar-refractivity contribution in [1.82, 2.24) is 40.6 Å². The van der Waals surface area contributed by atoms with Gasteiger partial charge in [-0.1, -0.05) is 0 Å². The second-order valence-corrected chi connectivity index (χ2v) is 8.62. The Morgan fingerprint density at radius 2 is 2.24 bits per heavy atom. The minimum atomic E-state index is -0.284. The average Bonchev–Trinajstić information content (AvgIpc) is 3.20. The minimum absolute atomic E-state index is 0.110. The zero-order chi connectivity index (χ0) is 19.6. The predicted molar refractivity (Wildman–Crippen MR) is 96.8 cm³/mol. The van der Waals surface area contributed by atoms with E-state index in [0.29, 0.717) is 31.0 Å². The smallest absolute Gasteiger partial charge is 0.259 e. The highest BCUT2D eigenvalue weighted by Crippen LogP contribution is 2.54. The Balaban J connectivity index is 1.20. The maximum atomic E-state index is 13.3. The molecule has 6 rings (SSSR count). The van der Waals surface area contributed by atoms with Crippen LogP contribution in [-0.4, -0.2) is 78.5 Å². The van der Waals surface area contributed by atoms with Gasteiger partial charge in [-0.25, -0.2) is 0 Å². The fourth-order valence-electron chi connectivity index (χ4n) is 5.37. The van der Waals surface area contributed by atoms with Crippen molar-refractivity contribution in [2.45, 2.75) is 37.4 Å². The molecule has 2 aromatic rings. The van der Waals surface area contributed by atoms with E-state index in [-0.39, 0.29) is 41.3 Å². The number of aromatic amines is 1. The highest BCUT2D eigenvalue weighted by molar-refractivity contribution is 5.97. The van der Waals surface area contributed by atoms with E-state index in [1.165, 1.54) is 17.2 Å². The van der Waals surface area contributed by atoms with Crippen molar-refractivity contribution in [2.24, 2.45) is 17.8 Å². The summed E-state index contributed by atoms with van der Waals surface area (Å²) >= 11 is 0. The molecule has 0 radical (unpaired) electrons. The van der Waals surface area contributed by atoms with Gasteiger partial charge in [0.05, 0.1) is 24.4 Å². The van der Waals surface area contributed by atoms with Crippen LogP contribution in [0.2, 0.25) is 0 Å². The van der Waals surface area contributed by atoms with Crippen molar-refractivity contribution in [3.63, 3.8) is 0 Å². The Morgan fingerprint density at radius 1 is 1.34 bits per heavy atom. The summed E-state index contributed by atoms with van der Waals surface area (Å²) in [6.45, 7) is 1.83. The second kappa shape index (κ2) is 6.09. The van der Waals surface area contributed by atoms with Gasteiger partial charge in [0.15, 0.2) is 5.82 Å². The molecule has 5 heterocycles. The number of aromatic nitrogens is 6. The van der Waals surface area contributed by atoms with Crippen LogP contribution in [0.4, 0.5) is 0 Å². The first kappa shape index (κ1) is 17.1. The van der Waals surface area contributed by atoms with Crippen LogP contribution in [0.15, 0.2) is 12.5 Å². The number of amides is 2. The van der Waals surface area contributed by atoms with Crippen LogP contribution in [0.5, 0.6) is 0 Å². The van der Waals surface area contributed by atoms with E-state index in [1.54, 1.807) is 0 Å². The number of ether oxygens (including phenoxy) is 1. The molecular formula is C18H22N8O3. The van der Waals surface area contributed by atoms with Crippen molar-refractivity contribution >= 4 is 11.8 Å². The first-order valence-corrected chi connectivity index (χ1v) is 10.2. The fraction of sp³-hybridized carbons (Fsp3) is 0.667. The SMILES string of the molecule is O=C(NC[C@H]1[C@H]2CN(C(=O)c3cn[nH]c3-n3cnnn3)C[C@]23CC[C@H]1O3)C1CC1. The van der Waals surface area contributed by atoms with E-state index < -0.39 is 0 Å². The summed E-state index contributed by atoms with van der Waals surface area (Å²) in [7, 11) is 0. The van der Waals surface area contributed by atoms with E-state index in [1.807, 2.05) is 4.90 Å². The highest BCUT2D eigenvalue weighted by Gasteiger charge is 2.63. The number of hydrogen-bond donors (Lipinski definition) is 2. The van der Waals surface area contributed by atoms with Crippen molar-refractivity contribution < 1.29 is 14.3 Å². The number of nitrogens with one attached hydrogen (secondary N) is 2. The molecule has 3 saturated heterocycles. The van der Waals surface area contributed by atoms with Gasteiger partial charge in [-0.15, -0.1) is 5.10 Å². The van der Waals surface area contributed by atoms with Gasteiger partial charge < -0.3 is 15.0 Å². The van der Waals surface area contributed by atoms with Gasteiger partial charge in [0.25, 0.3) is 5.91 Å². The molecular weight excluding hydrogens is 376 g/mol. The van der Waals surface area contributed by atoms with E-state index in [2.05, 4.69) is 31.0 Å². The molecule has 4 fully saturated rings. The molecule has 1 saturated carbocycles. The van der Waals surface area contributed by atoms with Crippen LogP contribution in [0, 0.1) is 17.8 Å². The summed E-state index contributed by atoms with van der Waals surface area (Å²) < 4.78 is 7.80. The number of tetrazole rings is 1. The van der Waals surface area contributed by atoms with Gasteiger partial charge in [0, 0.05) is 30.8 Å². The number of likely N-dealkylation sites (tertiary alicyclic amines) is 1. The van der Waals surface area contributed by atoms with E-state index >= 15 is 0 Å². The highest BCUT2D eigenvalue weighted by atomic mass is 16.5. The molecule has 1 aliphatic carbocycles. The predicted octanol–water partition coefficient (Wildman–Crippen LogP) is -0.469. The number of fused-ring (bicyclic) bond motifs is 1. The van der Waals surface area contributed by atoms with Crippen LogP contribution < -0.4 is 5.32 Å². The average molecular weight is 398 g/mol. The van der Waals surface area contributed by atoms with Crippen molar-refractivity contribution in [2.75, 3.05) is 19.6 Å².